The van der Waals surface area contributed by atoms with Crippen molar-refractivity contribution in [2.75, 3.05) is 16.8 Å². The van der Waals surface area contributed by atoms with Crippen molar-refractivity contribution in [1.29, 1.82) is 0 Å². The Hall–Kier alpha value is -2.09. The summed E-state index contributed by atoms with van der Waals surface area (Å²) in [6.45, 7) is 0. The second-order valence-corrected chi connectivity index (χ2v) is 4.75. The highest BCUT2D eigenvalue weighted by Crippen LogP contribution is 2.19. The van der Waals surface area contributed by atoms with E-state index < -0.39 is 5.82 Å². The van der Waals surface area contributed by atoms with E-state index in [2.05, 4.69) is 20.5 Å². The molecule has 0 atom stereocenters. The van der Waals surface area contributed by atoms with Gasteiger partial charge in [-0.2, -0.15) is 5.10 Å². The highest BCUT2D eigenvalue weighted by Gasteiger charge is 2.07. The first-order valence-electron chi connectivity index (χ1n) is 5.48. The molecule has 1 amide bonds. The number of benzene rings is 1. The van der Waals surface area contributed by atoms with Crippen LogP contribution >= 0.6 is 11.8 Å². The van der Waals surface area contributed by atoms with E-state index in [0.29, 0.717) is 23.0 Å². The topological polar surface area (TPSA) is 96.7 Å². The van der Waals surface area contributed by atoms with Crippen LogP contribution in [0, 0.1) is 5.82 Å². The van der Waals surface area contributed by atoms with Gasteiger partial charge in [0.1, 0.15) is 12.1 Å². The van der Waals surface area contributed by atoms with E-state index in [4.69, 9.17) is 5.73 Å². The third kappa shape index (κ3) is 3.95. The zero-order valence-corrected chi connectivity index (χ0v) is 10.7. The lowest BCUT2D eigenvalue weighted by Crippen LogP contribution is -2.13. The van der Waals surface area contributed by atoms with Gasteiger partial charge in [0.2, 0.25) is 5.91 Å². The Morgan fingerprint density at radius 2 is 2.37 bits per heavy atom. The molecule has 0 aliphatic carbocycles. The van der Waals surface area contributed by atoms with Crippen molar-refractivity contribution in [3.63, 3.8) is 0 Å². The van der Waals surface area contributed by atoms with E-state index in [1.165, 1.54) is 36.3 Å². The van der Waals surface area contributed by atoms with Crippen molar-refractivity contribution in [2.24, 2.45) is 0 Å². The smallest absolute Gasteiger partial charge is 0.225 e. The first-order valence-corrected chi connectivity index (χ1v) is 6.47. The fourth-order valence-corrected chi connectivity index (χ4v) is 2.08. The summed E-state index contributed by atoms with van der Waals surface area (Å²) in [5.74, 6) is -0.0658. The van der Waals surface area contributed by atoms with Crippen molar-refractivity contribution >= 4 is 29.0 Å². The molecule has 0 spiro atoms. The number of H-pyrrole nitrogens is 1. The maximum atomic E-state index is 12.8. The van der Waals surface area contributed by atoms with Gasteiger partial charge in [0.05, 0.1) is 11.4 Å². The summed E-state index contributed by atoms with van der Waals surface area (Å²) in [7, 11) is 0. The van der Waals surface area contributed by atoms with Crippen LogP contribution in [0.2, 0.25) is 0 Å². The van der Waals surface area contributed by atoms with Crippen LogP contribution in [0.4, 0.5) is 15.8 Å². The standard InChI is InChI=1S/C11H12FN5OS/c12-7-1-2-9(8(13)5-7)16-10(18)3-4-19-11-14-6-15-17-11/h1-2,5-6H,3-4,13H2,(H,16,18)(H,14,15,17). The number of carbonyl (C=O) groups excluding carboxylic acids is 1. The molecular weight excluding hydrogens is 269 g/mol. The molecule has 0 saturated carbocycles. The maximum Gasteiger partial charge on any atom is 0.225 e. The molecule has 2 aromatic rings. The van der Waals surface area contributed by atoms with Gasteiger partial charge in [-0.05, 0) is 18.2 Å². The van der Waals surface area contributed by atoms with E-state index in [9.17, 15) is 9.18 Å². The summed E-state index contributed by atoms with van der Waals surface area (Å²) in [5, 5.41) is 9.67. The van der Waals surface area contributed by atoms with E-state index in [0.717, 1.165) is 0 Å². The number of aromatic amines is 1. The van der Waals surface area contributed by atoms with Gasteiger partial charge in [-0.3, -0.25) is 9.89 Å². The Kier molecular flexibility index (Phi) is 4.35. The van der Waals surface area contributed by atoms with Gasteiger partial charge in [0.25, 0.3) is 0 Å². The molecule has 19 heavy (non-hydrogen) atoms. The molecule has 0 bridgehead atoms. The summed E-state index contributed by atoms with van der Waals surface area (Å²) in [5.41, 5.74) is 6.21. The number of aromatic nitrogens is 3. The normalized spacial score (nSPS) is 10.4. The Bertz CT molecular complexity index is 560. The number of amides is 1. The van der Waals surface area contributed by atoms with Crippen molar-refractivity contribution in [1.82, 2.24) is 15.2 Å². The maximum absolute atomic E-state index is 12.8. The summed E-state index contributed by atoms with van der Waals surface area (Å²) in [6, 6.07) is 3.85. The van der Waals surface area contributed by atoms with Gasteiger partial charge in [-0.1, -0.05) is 11.8 Å². The first kappa shape index (κ1) is 13.3. The van der Waals surface area contributed by atoms with Crippen molar-refractivity contribution < 1.29 is 9.18 Å². The molecule has 8 heteroatoms. The summed E-state index contributed by atoms with van der Waals surface area (Å²) < 4.78 is 12.8. The minimum atomic E-state index is -0.434. The van der Waals surface area contributed by atoms with E-state index in [1.807, 2.05) is 0 Å². The van der Waals surface area contributed by atoms with Crippen LogP contribution in [0.5, 0.6) is 0 Å². The number of nitrogens with zero attached hydrogens (tertiary/aromatic N) is 2. The Balaban J connectivity index is 1.80. The van der Waals surface area contributed by atoms with Gasteiger partial charge < -0.3 is 11.1 Å². The highest BCUT2D eigenvalue weighted by molar-refractivity contribution is 7.99. The molecule has 4 N–H and O–H groups in total. The molecule has 2 rings (SSSR count). The number of carbonyl (C=O) groups is 1. The number of rotatable bonds is 5. The fourth-order valence-electron chi connectivity index (χ4n) is 1.36. The number of hydrogen-bond acceptors (Lipinski definition) is 5. The largest absolute Gasteiger partial charge is 0.397 e. The second kappa shape index (κ2) is 6.19. The predicted octanol–water partition coefficient (Wildman–Crippen LogP) is 1.65. The van der Waals surface area contributed by atoms with Crippen molar-refractivity contribution in [3.05, 3.63) is 30.3 Å². The number of anilines is 2. The highest BCUT2D eigenvalue weighted by atomic mass is 32.2. The SMILES string of the molecule is Nc1cc(F)ccc1NC(=O)CCSc1ncn[nH]1. The quantitative estimate of drug-likeness (QED) is 0.572. The fraction of sp³-hybridized carbons (Fsp3) is 0.182. The number of hydrogen-bond donors (Lipinski definition) is 3. The van der Waals surface area contributed by atoms with E-state index in [-0.39, 0.29) is 11.6 Å². The van der Waals surface area contributed by atoms with Crippen LogP contribution in [0.3, 0.4) is 0 Å². The number of nitrogen functional groups attached to an aromatic ring is 1. The van der Waals surface area contributed by atoms with Gasteiger partial charge in [0, 0.05) is 12.2 Å². The van der Waals surface area contributed by atoms with E-state index >= 15 is 0 Å². The number of nitrogens with two attached hydrogens (primary N) is 1. The van der Waals surface area contributed by atoms with Crippen molar-refractivity contribution in [2.45, 2.75) is 11.6 Å². The second-order valence-electron chi connectivity index (χ2n) is 3.67. The zero-order chi connectivity index (χ0) is 13.7. The predicted molar refractivity (Wildman–Crippen MR) is 71.2 cm³/mol. The Morgan fingerprint density at radius 3 is 3.05 bits per heavy atom. The average molecular weight is 281 g/mol. The lowest BCUT2D eigenvalue weighted by Gasteiger charge is -2.07. The molecule has 6 nitrogen and oxygen atoms in total. The van der Waals surface area contributed by atoms with Gasteiger partial charge in [-0.15, -0.1) is 0 Å². The summed E-state index contributed by atoms with van der Waals surface area (Å²) in [4.78, 5) is 15.6. The molecule has 0 unspecified atom stereocenters. The van der Waals surface area contributed by atoms with Crippen LogP contribution in [-0.2, 0) is 4.79 Å². The molecule has 0 saturated heterocycles. The minimum absolute atomic E-state index is 0.190. The van der Waals surface area contributed by atoms with Crippen LogP contribution in [0.25, 0.3) is 0 Å². The molecule has 0 fully saturated rings. The molecule has 0 radical (unpaired) electrons. The third-order valence-electron chi connectivity index (χ3n) is 2.25. The number of nitrogens with one attached hydrogen (secondary N) is 2. The zero-order valence-electron chi connectivity index (χ0n) is 9.89. The monoisotopic (exact) mass is 281 g/mol. The van der Waals surface area contributed by atoms with Gasteiger partial charge in [-0.25, -0.2) is 9.37 Å². The minimum Gasteiger partial charge on any atom is -0.397 e. The van der Waals surface area contributed by atoms with Crippen LogP contribution in [0.15, 0.2) is 29.7 Å². The Morgan fingerprint density at radius 1 is 1.53 bits per heavy atom. The third-order valence-corrected chi connectivity index (χ3v) is 3.13. The molecule has 0 aliphatic heterocycles. The van der Waals surface area contributed by atoms with Crippen LogP contribution < -0.4 is 11.1 Å². The first-order chi connectivity index (χ1) is 9.15. The number of thioether (sulfide) groups is 1. The molecule has 1 aromatic heterocycles. The lowest BCUT2D eigenvalue weighted by molar-refractivity contribution is -0.115. The summed E-state index contributed by atoms with van der Waals surface area (Å²) >= 11 is 1.39. The number of halogens is 1. The molecule has 0 aliphatic rings. The van der Waals surface area contributed by atoms with Crippen LogP contribution in [0.1, 0.15) is 6.42 Å². The van der Waals surface area contributed by atoms with Gasteiger partial charge >= 0.3 is 0 Å². The van der Waals surface area contributed by atoms with E-state index in [1.54, 1.807) is 0 Å². The van der Waals surface area contributed by atoms with Crippen molar-refractivity contribution in [3.8, 4) is 0 Å². The van der Waals surface area contributed by atoms with Gasteiger partial charge in [0.15, 0.2) is 5.16 Å². The van der Waals surface area contributed by atoms with Crippen LogP contribution in [-0.4, -0.2) is 26.8 Å². The molecular formula is C11H12FN5OS. The molecule has 100 valence electrons. The lowest BCUT2D eigenvalue weighted by atomic mass is 10.2. The summed E-state index contributed by atoms with van der Waals surface area (Å²) in [6.07, 6.45) is 1.70. The molecule has 1 heterocycles. The Labute approximate surface area is 113 Å². The molecule has 1 aromatic carbocycles. The average Bonchev–Trinajstić information content (AvgIpc) is 2.86.